The Balaban J connectivity index is 1.44. The van der Waals surface area contributed by atoms with Crippen LogP contribution in [0.3, 0.4) is 0 Å². The van der Waals surface area contributed by atoms with Gasteiger partial charge in [-0.3, -0.25) is 0 Å². The molecule has 2 nitrogen and oxygen atoms in total. The molecule has 6 unspecified atom stereocenters. The fourth-order valence-corrected chi connectivity index (χ4v) is 6.51. The zero-order chi connectivity index (χ0) is 16.4. The topological polar surface area (TPSA) is 29.5 Å². The molecule has 0 bridgehead atoms. The summed E-state index contributed by atoms with van der Waals surface area (Å²) in [6, 6.07) is 0. The molecule has 0 aromatic rings. The van der Waals surface area contributed by atoms with Gasteiger partial charge < -0.3 is 9.84 Å². The van der Waals surface area contributed by atoms with Crippen molar-refractivity contribution in [2.75, 3.05) is 5.75 Å². The van der Waals surface area contributed by atoms with Gasteiger partial charge in [0.2, 0.25) is 5.62 Å². The summed E-state index contributed by atoms with van der Waals surface area (Å²) in [5.41, 5.74) is -0.925. The second-order valence-corrected chi connectivity index (χ2v) is 10.4. The first kappa shape index (κ1) is 18.1. The van der Waals surface area contributed by atoms with Crippen molar-refractivity contribution in [2.45, 2.75) is 89.8 Å². The van der Waals surface area contributed by atoms with Crippen molar-refractivity contribution in [1.82, 2.24) is 0 Å². The summed E-state index contributed by atoms with van der Waals surface area (Å²) in [5.74, 6) is 5.97. The highest BCUT2D eigenvalue weighted by atomic mass is 32.2. The van der Waals surface area contributed by atoms with Crippen molar-refractivity contribution in [2.24, 2.45) is 29.6 Å². The fraction of sp³-hybridized carbons (Fsp3) is 1.00. The van der Waals surface area contributed by atoms with Crippen LogP contribution in [0.15, 0.2) is 0 Å². The molecule has 23 heavy (non-hydrogen) atoms. The maximum Gasteiger partial charge on any atom is 0.204 e. The number of aliphatic hydroxyl groups excluding tert-OH is 1. The predicted molar refractivity (Wildman–Crippen MR) is 98.3 cm³/mol. The molecule has 0 radical (unpaired) electrons. The second-order valence-electron chi connectivity index (χ2n) is 9.35. The zero-order valence-corrected chi connectivity index (χ0v) is 16.1. The molecule has 3 fully saturated rings. The maximum absolute atomic E-state index is 10.0. The first-order valence-electron chi connectivity index (χ1n) is 9.88. The third-order valence-electron chi connectivity index (χ3n) is 6.45. The molecule has 0 aromatic carbocycles. The summed E-state index contributed by atoms with van der Waals surface area (Å²) in [4.78, 5) is 0. The minimum Gasteiger partial charge on any atom is -0.360 e. The van der Waals surface area contributed by atoms with Gasteiger partial charge in [0.05, 0.1) is 5.60 Å². The Labute approximate surface area is 147 Å². The first-order chi connectivity index (χ1) is 10.9. The number of fused-ring (bicyclic) bond motifs is 2. The molecule has 0 heterocycles. The SMILES string of the molecule is CC(C)(C)OC(O)SCC1CCC2CC3CCCCC3CC2C1. The van der Waals surface area contributed by atoms with E-state index in [-0.39, 0.29) is 5.60 Å². The quantitative estimate of drug-likeness (QED) is 0.691. The summed E-state index contributed by atoms with van der Waals surface area (Å²) in [6.45, 7) is 6.01. The third kappa shape index (κ3) is 5.12. The number of hydrogen-bond acceptors (Lipinski definition) is 3. The number of ether oxygens (including phenoxy) is 1. The Morgan fingerprint density at radius 1 is 0.913 bits per heavy atom. The van der Waals surface area contributed by atoms with E-state index >= 15 is 0 Å². The van der Waals surface area contributed by atoms with E-state index in [1.165, 1.54) is 57.8 Å². The molecule has 0 aromatic heterocycles. The van der Waals surface area contributed by atoms with Crippen molar-refractivity contribution < 1.29 is 9.84 Å². The molecule has 0 spiro atoms. The normalized spacial score (nSPS) is 39.4. The summed E-state index contributed by atoms with van der Waals surface area (Å²) < 4.78 is 5.62. The fourth-order valence-electron chi connectivity index (χ4n) is 5.41. The molecule has 1 N–H and O–H groups in total. The molecular weight excluding hydrogens is 304 g/mol. The van der Waals surface area contributed by atoms with Crippen molar-refractivity contribution in [1.29, 1.82) is 0 Å². The van der Waals surface area contributed by atoms with Crippen molar-refractivity contribution >= 4 is 11.8 Å². The number of hydrogen-bond donors (Lipinski definition) is 1. The average molecular weight is 341 g/mol. The molecule has 0 saturated heterocycles. The van der Waals surface area contributed by atoms with Crippen LogP contribution in [0.1, 0.15) is 78.6 Å². The molecule has 3 aliphatic rings. The summed E-state index contributed by atoms with van der Waals surface area (Å²) >= 11 is 1.61. The van der Waals surface area contributed by atoms with Gasteiger partial charge in [-0.2, -0.15) is 0 Å². The lowest BCUT2D eigenvalue weighted by Crippen LogP contribution is -2.37. The highest BCUT2D eigenvalue weighted by molar-refractivity contribution is 7.99. The van der Waals surface area contributed by atoms with Gasteiger partial charge in [0.25, 0.3) is 0 Å². The number of aliphatic hydroxyl groups is 1. The van der Waals surface area contributed by atoms with E-state index in [0.717, 1.165) is 35.3 Å². The van der Waals surface area contributed by atoms with Crippen molar-refractivity contribution in [3.63, 3.8) is 0 Å². The van der Waals surface area contributed by atoms with Crippen LogP contribution in [0.4, 0.5) is 0 Å². The molecule has 6 atom stereocenters. The van der Waals surface area contributed by atoms with Crippen LogP contribution in [-0.4, -0.2) is 22.1 Å². The van der Waals surface area contributed by atoms with E-state index in [2.05, 4.69) is 0 Å². The second kappa shape index (κ2) is 7.66. The predicted octanol–water partition coefficient (Wildman–Crippen LogP) is 5.44. The molecule has 0 amide bonds. The lowest BCUT2D eigenvalue weighted by atomic mass is 9.58. The Morgan fingerprint density at radius 3 is 2.17 bits per heavy atom. The molecule has 3 heteroatoms. The summed E-state index contributed by atoms with van der Waals surface area (Å²) in [7, 11) is 0. The Hall–Kier alpha value is 0.270. The van der Waals surface area contributed by atoms with E-state index in [0.29, 0.717) is 0 Å². The molecule has 3 aliphatic carbocycles. The Kier molecular flexibility index (Phi) is 6.02. The largest absolute Gasteiger partial charge is 0.360 e. The highest BCUT2D eigenvalue weighted by Crippen LogP contribution is 2.51. The molecule has 0 aliphatic heterocycles. The summed E-state index contributed by atoms with van der Waals surface area (Å²) in [5, 5.41) is 10.0. The van der Waals surface area contributed by atoms with E-state index in [9.17, 15) is 5.11 Å². The van der Waals surface area contributed by atoms with Gasteiger partial charge in [0.1, 0.15) is 0 Å². The van der Waals surface area contributed by atoms with Crippen LogP contribution in [0.25, 0.3) is 0 Å². The van der Waals surface area contributed by atoms with Crippen LogP contribution in [0.5, 0.6) is 0 Å². The van der Waals surface area contributed by atoms with Gasteiger partial charge in [-0.1, -0.05) is 25.7 Å². The highest BCUT2D eigenvalue weighted by Gasteiger charge is 2.40. The van der Waals surface area contributed by atoms with Gasteiger partial charge in [-0.25, -0.2) is 0 Å². The minimum atomic E-state index is -0.665. The summed E-state index contributed by atoms with van der Waals surface area (Å²) in [6.07, 6.45) is 13.3. The van der Waals surface area contributed by atoms with Gasteiger partial charge >= 0.3 is 0 Å². The van der Waals surface area contributed by atoms with Gasteiger partial charge in [-0.15, -0.1) is 11.8 Å². The van der Waals surface area contributed by atoms with Crippen LogP contribution in [-0.2, 0) is 4.74 Å². The van der Waals surface area contributed by atoms with E-state index in [1.54, 1.807) is 11.8 Å². The van der Waals surface area contributed by atoms with Crippen LogP contribution in [0.2, 0.25) is 0 Å². The smallest absolute Gasteiger partial charge is 0.204 e. The van der Waals surface area contributed by atoms with Crippen LogP contribution in [0, 0.1) is 29.6 Å². The lowest BCUT2D eigenvalue weighted by Gasteiger charge is -2.47. The van der Waals surface area contributed by atoms with E-state index in [1.807, 2.05) is 20.8 Å². The van der Waals surface area contributed by atoms with Gasteiger partial charge in [0.15, 0.2) is 0 Å². The van der Waals surface area contributed by atoms with Crippen LogP contribution >= 0.6 is 11.8 Å². The molecular formula is C20H36O2S. The molecule has 134 valence electrons. The number of thioether (sulfide) groups is 1. The van der Waals surface area contributed by atoms with Crippen molar-refractivity contribution in [3.05, 3.63) is 0 Å². The first-order valence-corrected chi connectivity index (χ1v) is 10.9. The standard InChI is InChI=1S/C20H36O2S/c1-20(2,3)22-19(21)23-13-14-8-9-17-11-15-6-4-5-7-16(15)12-18(17)10-14/h14-19,21H,4-13H2,1-3H3. The Morgan fingerprint density at radius 2 is 1.52 bits per heavy atom. The maximum atomic E-state index is 10.0. The Bertz CT molecular complexity index is 378. The van der Waals surface area contributed by atoms with Gasteiger partial charge in [0, 0.05) is 5.75 Å². The van der Waals surface area contributed by atoms with Crippen LogP contribution < -0.4 is 0 Å². The average Bonchev–Trinajstić information content (AvgIpc) is 2.49. The lowest BCUT2D eigenvalue weighted by molar-refractivity contribution is -0.112. The van der Waals surface area contributed by atoms with E-state index < -0.39 is 5.62 Å². The van der Waals surface area contributed by atoms with Gasteiger partial charge in [-0.05, 0) is 82.5 Å². The zero-order valence-electron chi connectivity index (χ0n) is 15.3. The number of rotatable bonds is 4. The monoisotopic (exact) mass is 340 g/mol. The van der Waals surface area contributed by atoms with Crippen molar-refractivity contribution in [3.8, 4) is 0 Å². The van der Waals surface area contributed by atoms with E-state index in [4.69, 9.17) is 4.74 Å². The minimum absolute atomic E-state index is 0.260. The molecule has 3 rings (SSSR count). The third-order valence-corrected chi connectivity index (χ3v) is 7.50. The molecule has 3 saturated carbocycles.